The number of carboxylic acids is 1. The molecule has 0 aromatic heterocycles. The molecule has 14 nitrogen and oxygen atoms in total. The minimum Gasteiger partial charge on any atom is -0.508 e. The van der Waals surface area contributed by atoms with Crippen LogP contribution in [-0.4, -0.2) is 69.9 Å². The van der Waals surface area contributed by atoms with Crippen LogP contribution in [0.15, 0.2) is 24.3 Å². The lowest BCUT2D eigenvalue weighted by Crippen LogP contribution is -2.58. The summed E-state index contributed by atoms with van der Waals surface area (Å²) in [5.41, 5.74) is 16.7. The highest BCUT2D eigenvalue weighted by Gasteiger charge is 2.31. The Labute approximate surface area is 219 Å². The fourth-order valence-electron chi connectivity index (χ4n) is 3.47. The molecule has 0 aliphatic carbocycles. The number of primary amides is 2. The van der Waals surface area contributed by atoms with Crippen LogP contribution in [0.3, 0.4) is 0 Å². The van der Waals surface area contributed by atoms with Crippen molar-refractivity contribution < 1.29 is 39.0 Å². The lowest BCUT2D eigenvalue weighted by atomic mass is 10.0. The van der Waals surface area contributed by atoms with E-state index < -0.39 is 66.1 Å². The standard InChI is InChI=1S/C24H36N6O8/c1-12(2)9-15(25)21(34)29-17(10-13-3-5-14(31)6-4-13)23(36)28-16(7-8-19(26)32)22(35)30-18(24(37)38)11-20(27)33/h3-6,12,15-18,31H,7-11,25H2,1-2H3,(H2,26,32)(H2,27,33)(H,28,36)(H,29,34)(H,30,35)(H,37,38). The Morgan fingerprint density at radius 2 is 1.34 bits per heavy atom. The third-order valence-electron chi connectivity index (χ3n) is 5.40. The number of hydrogen-bond acceptors (Lipinski definition) is 8. The van der Waals surface area contributed by atoms with Crippen molar-refractivity contribution in [3.63, 3.8) is 0 Å². The normalized spacial score (nSPS) is 14.0. The van der Waals surface area contributed by atoms with Crippen LogP contribution >= 0.6 is 0 Å². The highest BCUT2D eigenvalue weighted by molar-refractivity contribution is 5.95. The van der Waals surface area contributed by atoms with Crippen molar-refractivity contribution in [2.24, 2.45) is 23.1 Å². The van der Waals surface area contributed by atoms with Crippen molar-refractivity contribution in [1.82, 2.24) is 16.0 Å². The van der Waals surface area contributed by atoms with Crippen LogP contribution in [-0.2, 0) is 35.2 Å². The van der Waals surface area contributed by atoms with E-state index >= 15 is 0 Å². The first-order valence-electron chi connectivity index (χ1n) is 11.9. The van der Waals surface area contributed by atoms with Gasteiger partial charge in [0.1, 0.15) is 23.9 Å². The summed E-state index contributed by atoms with van der Waals surface area (Å²) in [6.07, 6.45) is -1.02. The summed E-state index contributed by atoms with van der Waals surface area (Å²) < 4.78 is 0. The van der Waals surface area contributed by atoms with Gasteiger partial charge in [-0.15, -0.1) is 0 Å². The molecule has 1 aromatic rings. The molecule has 210 valence electrons. The van der Waals surface area contributed by atoms with Gasteiger partial charge < -0.3 is 43.4 Å². The average molecular weight is 537 g/mol. The molecule has 0 spiro atoms. The van der Waals surface area contributed by atoms with Crippen LogP contribution in [0.25, 0.3) is 0 Å². The molecule has 5 amide bonds. The van der Waals surface area contributed by atoms with Gasteiger partial charge in [0.05, 0.1) is 12.5 Å². The van der Waals surface area contributed by atoms with E-state index in [1.807, 2.05) is 13.8 Å². The highest BCUT2D eigenvalue weighted by atomic mass is 16.4. The lowest BCUT2D eigenvalue weighted by Gasteiger charge is -2.25. The molecule has 4 unspecified atom stereocenters. The smallest absolute Gasteiger partial charge is 0.326 e. The number of aromatic hydroxyl groups is 1. The summed E-state index contributed by atoms with van der Waals surface area (Å²) in [6.45, 7) is 3.75. The van der Waals surface area contributed by atoms with E-state index in [0.29, 0.717) is 12.0 Å². The summed E-state index contributed by atoms with van der Waals surface area (Å²) >= 11 is 0. The second kappa shape index (κ2) is 15.1. The first kappa shape index (κ1) is 31.8. The topological polar surface area (TPSA) is 257 Å². The fourth-order valence-corrected chi connectivity index (χ4v) is 3.47. The number of nitrogens with one attached hydrogen (secondary N) is 3. The molecule has 11 N–H and O–H groups in total. The minimum atomic E-state index is -1.67. The van der Waals surface area contributed by atoms with E-state index in [0.717, 1.165) is 0 Å². The third-order valence-corrected chi connectivity index (χ3v) is 5.40. The first-order chi connectivity index (χ1) is 17.7. The van der Waals surface area contributed by atoms with Crippen LogP contribution in [0.4, 0.5) is 0 Å². The Morgan fingerprint density at radius 3 is 1.84 bits per heavy atom. The second-order valence-electron chi connectivity index (χ2n) is 9.30. The number of amides is 5. The molecule has 38 heavy (non-hydrogen) atoms. The van der Waals surface area contributed by atoms with Crippen molar-refractivity contribution in [3.8, 4) is 5.75 Å². The molecule has 0 heterocycles. The molecular formula is C24H36N6O8. The minimum absolute atomic E-state index is 0.00937. The van der Waals surface area contributed by atoms with Gasteiger partial charge in [-0.25, -0.2) is 4.79 Å². The molecule has 14 heteroatoms. The van der Waals surface area contributed by atoms with E-state index in [1.54, 1.807) is 0 Å². The largest absolute Gasteiger partial charge is 0.508 e. The quantitative estimate of drug-likeness (QED) is 0.116. The second-order valence-corrected chi connectivity index (χ2v) is 9.30. The summed E-state index contributed by atoms with van der Waals surface area (Å²) in [5, 5.41) is 25.9. The van der Waals surface area contributed by atoms with Crippen molar-refractivity contribution in [2.75, 3.05) is 0 Å². The summed E-state index contributed by atoms with van der Waals surface area (Å²) in [6, 6.07) is 0.611. The summed E-state index contributed by atoms with van der Waals surface area (Å²) in [7, 11) is 0. The molecular weight excluding hydrogens is 500 g/mol. The molecule has 0 aliphatic heterocycles. The Balaban J connectivity index is 3.18. The van der Waals surface area contributed by atoms with Gasteiger partial charge in [0.15, 0.2) is 0 Å². The Kier molecular flexibility index (Phi) is 12.7. The lowest BCUT2D eigenvalue weighted by molar-refractivity contribution is -0.144. The zero-order valence-electron chi connectivity index (χ0n) is 21.3. The number of hydrogen-bond donors (Lipinski definition) is 8. The van der Waals surface area contributed by atoms with Gasteiger partial charge in [-0.05, 0) is 36.5 Å². The van der Waals surface area contributed by atoms with Gasteiger partial charge in [0.25, 0.3) is 0 Å². The maximum Gasteiger partial charge on any atom is 0.326 e. The van der Waals surface area contributed by atoms with Gasteiger partial charge in [0.2, 0.25) is 29.5 Å². The van der Waals surface area contributed by atoms with Crippen LogP contribution in [0, 0.1) is 5.92 Å². The van der Waals surface area contributed by atoms with Gasteiger partial charge in [0, 0.05) is 12.8 Å². The Hall–Kier alpha value is -4.20. The molecule has 0 aliphatic rings. The van der Waals surface area contributed by atoms with Gasteiger partial charge in [-0.3, -0.25) is 24.0 Å². The maximum atomic E-state index is 13.2. The maximum absolute atomic E-state index is 13.2. The number of phenols is 1. The predicted molar refractivity (Wildman–Crippen MR) is 135 cm³/mol. The molecule has 1 rings (SSSR count). The molecule has 0 fully saturated rings. The Bertz CT molecular complexity index is 1010. The van der Waals surface area contributed by atoms with Crippen LogP contribution in [0.1, 0.15) is 45.1 Å². The highest BCUT2D eigenvalue weighted by Crippen LogP contribution is 2.12. The number of carboxylic acid groups (broad SMARTS) is 1. The molecule has 0 saturated carbocycles. The SMILES string of the molecule is CC(C)CC(N)C(=O)NC(Cc1ccc(O)cc1)C(=O)NC(CCC(N)=O)C(=O)NC(CC(N)=O)C(=O)O. The number of rotatable bonds is 16. The average Bonchev–Trinajstić information content (AvgIpc) is 2.80. The molecule has 0 bridgehead atoms. The fraction of sp³-hybridized carbons (Fsp3) is 0.500. The number of aliphatic carboxylic acids is 1. The van der Waals surface area contributed by atoms with Crippen molar-refractivity contribution in [1.29, 1.82) is 0 Å². The van der Waals surface area contributed by atoms with Crippen molar-refractivity contribution >= 4 is 35.5 Å². The number of benzene rings is 1. The molecule has 4 atom stereocenters. The van der Waals surface area contributed by atoms with Crippen molar-refractivity contribution in [3.05, 3.63) is 29.8 Å². The van der Waals surface area contributed by atoms with Crippen LogP contribution in [0.2, 0.25) is 0 Å². The monoisotopic (exact) mass is 536 g/mol. The zero-order valence-corrected chi connectivity index (χ0v) is 21.3. The van der Waals surface area contributed by atoms with Crippen LogP contribution < -0.4 is 33.2 Å². The zero-order chi connectivity index (χ0) is 29.0. The molecule has 1 aromatic carbocycles. The first-order valence-corrected chi connectivity index (χ1v) is 11.9. The number of nitrogens with two attached hydrogens (primary N) is 3. The number of carbonyl (C=O) groups excluding carboxylic acids is 5. The van der Waals surface area contributed by atoms with E-state index in [4.69, 9.17) is 17.2 Å². The van der Waals surface area contributed by atoms with Crippen LogP contribution in [0.5, 0.6) is 5.75 Å². The van der Waals surface area contributed by atoms with E-state index in [2.05, 4.69) is 16.0 Å². The van der Waals surface area contributed by atoms with Gasteiger partial charge >= 0.3 is 5.97 Å². The summed E-state index contributed by atoms with van der Waals surface area (Å²) in [5.74, 6) is -5.64. The van der Waals surface area contributed by atoms with Gasteiger partial charge in [-0.2, -0.15) is 0 Å². The molecule has 0 saturated heterocycles. The number of carbonyl (C=O) groups is 6. The Morgan fingerprint density at radius 1 is 0.816 bits per heavy atom. The van der Waals surface area contributed by atoms with E-state index in [9.17, 15) is 39.0 Å². The molecule has 0 radical (unpaired) electrons. The van der Waals surface area contributed by atoms with Gasteiger partial charge in [-0.1, -0.05) is 26.0 Å². The third kappa shape index (κ3) is 11.7. The summed E-state index contributed by atoms with van der Waals surface area (Å²) in [4.78, 5) is 72.7. The van der Waals surface area contributed by atoms with E-state index in [-0.39, 0.29) is 30.9 Å². The van der Waals surface area contributed by atoms with E-state index in [1.165, 1.54) is 24.3 Å². The van der Waals surface area contributed by atoms with Crippen molar-refractivity contribution in [2.45, 2.75) is 70.1 Å². The predicted octanol–water partition coefficient (Wildman–Crippen LogP) is -2.01. The number of phenolic OH excluding ortho intramolecular Hbond substituents is 1.